The van der Waals surface area contributed by atoms with E-state index in [1.54, 1.807) is 6.33 Å². The fraction of sp³-hybridized carbons (Fsp3) is 0.316. The van der Waals surface area contributed by atoms with E-state index in [9.17, 15) is 4.79 Å². The highest BCUT2D eigenvalue weighted by atomic mass is 35.5. The number of hydrogen-bond acceptors (Lipinski definition) is 5. The molecule has 1 amide bonds. The normalized spacial score (nSPS) is 14.8. The standard InChI is InChI=1S/C19H21ClN6O.2ClH/c20-14-3-1-13(2-4-14)11-16(21)19(27)26-9-7-25(8-10-26)18-15-5-6-22-17(15)23-12-24-18;;/h1-6,12,16H,7-11,21H2,(H,22,23,24);2*1H. The molecule has 0 spiro atoms. The molecule has 10 heteroatoms. The molecule has 1 aliphatic rings. The van der Waals surface area contributed by atoms with E-state index in [1.165, 1.54) is 0 Å². The van der Waals surface area contributed by atoms with Gasteiger partial charge in [0, 0.05) is 37.4 Å². The van der Waals surface area contributed by atoms with Crippen LogP contribution < -0.4 is 10.6 Å². The monoisotopic (exact) mass is 456 g/mol. The number of H-pyrrole nitrogens is 1. The molecule has 29 heavy (non-hydrogen) atoms. The van der Waals surface area contributed by atoms with Crippen LogP contribution >= 0.6 is 36.4 Å². The van der Waals surface area contributed by atoms with Crippen molar-refractivity contribution in [2.24, 2.45) is 5.73 Å². The maximum Gasteiger partial charge on any atom is 0.239 e. The molecule has 3 N–H and O–H groups in total. The number of carbonyl (C=O) groups excluding carboxylic acids is 1. The van der Waals surface area contributed by atoms with Crippen LogP contribution in [-0.2, 0) is 11.2 Å². The number of rotatable bonds is 4. The van der Waals surface area contributed by atoms with E-state index in [1.807, 2.05) is 41.4 Å². The summed E-state index contributed by atoms with van der Waals surface area (Å²) in [5, 5.41) is 1.67. The molecule has 1 aromatic carbocycles. The number of halogens is 3. The molecule has 1 atom stereocenters. The number of nitrogens with two attached hydrogens (primary N) is 1. The fourth-order valence-electron chi connectivity index (χ4n) is 3.45. The Morgan fingerprint density at radius 2 is 1.79 bits per heavy atom. The van der Waals surface area contributed by atoms with Crippen LogP contribution in [0.3, 0.4) is 0 Å². The highest BCUT2D eigenvalue weighted by molar-refractivity contribution is 6.30. The van der Waals surface area contributed by atoms with Crippen LogP contribution in [0.1, 0.15) is 5.56 Å². The minimum atomic E-state index is -0.548. The van der Waals surface area contributed by atoms with Gasteiger partial charge >= 0.3 is 0 Å². The van der Waals surface area contributed by atoms with E-state index in [4.69, 9.17) is 17.3 Å². The van der Waals surface area contributed by atoms with Crippen molar-refractivity contribution in [3.05, 3.63) is 53.4 Å². The molecule has 0 saturated carbocycles. The maximum absolute atomic E-state index is 12.7. The maximum atomic E-state index is 12.7. The molecule has 1 saturated heterocycles. The summed E-state index contributed by atoms with van der Waals surface area (Å²) >= 11 is 5.90. The minimum Gasteiger partial charge on any atom is -0.352 e. The van der Waals surface area contributed by atoms with Crippen LogP contribution in [0.4, 0.5) is 5.82 Å². The predicted molar refractivity (Wildman–Crippen MR) is 120 cm³/mol. The van der Waals surface area contributed by atoms with Crippen molar-refractivity contribution in [3.8, 4) is 0 Å². The quantitative estimate of drug-likeness (QED) is 0.628. The summed E-state index contributed by atoms with van der Waals surface area (Å²) in [4.78, 5) is 28.5. The van der Waals surface area contributed by atoms with Crippen LogP contribution in [0, 0.1) is 0 Å². The Kier molecular flexibility index (Phi) is 8.10. The number of aromatic nitrogens is 3. The van der Waals surface area contributed by atoms with Crippen LogP contribution in [0.5, 0.6) is 0 Å². The number of fused-ring (bicyclic) bond motifs is 1. The van der Waals surface area contributed by atoms with E-state index in [0.29, 0.717) is 24.5 Å². The zero-order valence-corrected chi connectivity index (χ0v) is 18.0. The van der Waals surface area contributed by atoms with Gasteiger partial charge in [-0.2, -0.15) is 0 Å². The van der Waals surface area contributed by atoms with E-state index in [0.717, 1.165) is 35.5 Å². The molecule has 7 nitrogen and oxygen atoms in total. The first-order valence-electron chi connectivity index (χ1n) is 8.93. The second kappa shape index (κ2) is 10.1. The average Bonchev–Trinajstić information content (AvgIpc) is 3.18. The van der Waals surface area contributed by atoms with Crippen molar-refractivity contribution >= 4 is 59.2 Å². The average molecular weight is 458 g/mol. The molecule has 2 aromatic heterocycles. The van der Waals surface area contributed by atoms with Gasteiger partial charge in [-0.1, -0.05) is 23.7 Å². The number of piperazine rings is 1. The van der Waals surface area contributed by atoms with Crippen molar-refractivity contribution in [1.29, 1.82) is 0 Å². The number of carbonyl (C=O) groups is 1. The van der Waals surface area contributed by atoms with Crippen LogP contribution in [0.25, 0.3) is 11.0 Å². The Morgan fingerprint density at radius 1 is 1.10 bits per heavy atom. The number of nitrogens with zero attached hydrogens (tertiary/aromatic N) is 4. The number of hydrogen-bond donors (Lipinski definition) is 2. The van der Waals surface area contributed by atoms with Gasteiger partial charge in [-0.15, -0.1) is 24.8 Å². The summed E-state index contributed by atoms with van der Waals surface area (Å²) in [6.45, 7) is 2.69. The first-order valence-corrected chi connectivity index (χ1v) is 9.31. The summed E-state index contributed by atoms with van der Waals surface area (Å²) in [5.41, 5.74) is 7.99. The molecule has 0 bridgehead atoms. The summed E-state index contributed by atoms with van der Waals surface area (Å²) < 4.78 is 0. The van der Waals surface area contributed by atoms with Crippen molar-refractivity contribution in [3.63, 3.8) is 0 Å². The zero-order valence-electron chi connectivity index (χ0n) is 15.6. The topological polar surface area (TPSA) is 91.1 Å². The van der Waals surface area contributed by atoms with Crippen molar-refractivity contribution in [1.82, 2.24) is 19.9 Å². The minimum absolute atomic E-state index is 0. The van der Waals surface area contributed by atoms with Gasteiger partial charge in [0.25, 0.3) is 0 Å². The van der Waals surface area contributed by atoms with Gasteiger partial charge in [0.1, 0.15) is 17.8 Å². The lowest BCUT2D eigenvalue weighted by molar-refractivity contribution is -0.132. The van der Waals surface area contributed by atoms with Gasteiger partial charge in [-0.3, -0.25) is 4.79 Å². The first kappa shape index (κ1) is 23.2. The van der Waals surface area contributed by atoms with Gasteiger partial charge in [0.05, 0.1) is 11.4 Å². The lowest BCUT2D eigenvalue weighted by Gasteiger charge is -2.36. The van der Waals surface area contributed by atoms with Crippen LogP contribution in [0.2, 0.25) is 5.02 Å². The van der Waals surface area contributed by atoms with Crippen LogP contribution in [-0.4, -0.2) is 58.0 Å². The number of anilines is 1. The lowest BCUT2D eigenvalue weighted by Crippen LogP contribution is -2.53. The molecule has 3 heterocycles. The molecular weight excluding hydrogens is 435 g/mol. The third kappa shape index (κ3) is 5.11. The van der Waals surface area contributed by atoms with E-state index >= 15 is 0 Å². The summed E-state index contributed by atoms with van der Waals surface area (Å²) in [5.74, 6) is 0.887. The van der Waals surface area contributed by atoms with Gasteiger partial charge < -0.3 is 20.5 Å². The number of aromatic amines is 1. The van der Waals surface area contributed by atoms with Gasteiger partial charge in [0.15, 0.2) is 0 Å². The summed E-state index contributed by atoms with van der Waals surface area (Å²) in [7, 11) is 0. The third-order valence-electron chi connectivity index (χ3n) is 4.91. The second-order valence-corrected chi connectivity index (χ2v) is 7.12. The molecule has 156 valence electrons. The predicted octanol–water partition coefficient (Wildman–Crippen LogP) is 2.67. The molecule has 0 radical (unpaired) electrons. The smallest absolute Gasteiger partial charge is 0.239 e. The Labute approximate surface area is 186 Å². The number of nitrogens with one attached hydrogen (secondary N) is 1. The highest BCUT2D eigenvalue weighted by Gasteiger charge is 2.26. The van der Waals surface area contributed by atoms with Gasteiger partial charge in [-0.25, -0.2) is 9.97 Å². The molecule has 1 unspecified atom stereocenters. The molecule has 1 aliphatic heterocycles. The Hall–Kier alpha value is -2.06. The highest BCUT2D eigenvalue weighted by Crippen LogP contribution is 2.23. The third-order valence-corrected chi connectivity index (χ3v) is 5.16. The zero-order chi connectivity index (χ0) is 18.8. The second-order valence-electron chi connectivity index (χ2n) is 6.69. The molecule has 0 aliphatic carbocycles. The van der Waals surface area contributed by atoms with Crippen molar-refractivity contribution in [2.45, 2.75) is 12.5 Å². The molecule has 4 rings (SSSR count). The Morgan fingerprint density at radius 3 is 2.48 bits per heavy atom. The van der Waals surface area contributed by atoms with Gasteiger partial charge in [-0.05, 0) is 30.2 Å². The lowest BCUT2D eigenvalue weighted by atomic mass is 10.1. The SMILES string of the molecule is Cl.Cl.NC(Cc1ccc(Cl)cc1)C(=O)N1CCN(c2ncnc3[nH]ccc23)CC1. The van der Waals surface area contributed by atoms with E-state index in [2.05, 4.69) is 19.9 Å². The van der Waals surface area contributed by atoms with E-state index in [-0.39, 0.29) is 30.7 Å². The molecule has 3 aromatic rings. The summed E-state index contributed by atoms with van der Waals surface area (Å²) in [6, 6.07) is 8.87. The largest absolute Gasteiger partial charge is 0.352 e. The van der Waals surface area contributed by atoms with E-state index < -0.39 is 6.04 Å². The number of amides is 1. The Balaban J connectivity index is 0.00000150. The van der Waals surface area contributed by atoms with Crippen molar-refractivity contribution in [2.75, 3.05) is 31.1 Å². The first-order chi connectivity index (χ1) is 13.1. The van der Waals surface area contributed by atoms with Crippen molar-refractivity contribution < 1.29 is 4.79 Å². The fourth-order valence-corrected chi connectivity index (χ4v) is 3.57. The molecular formula is C19H23Cl3N6O. The molecule has 1 fully saturated rings. The van der Waals surface area contributed by atoms with Gasteiger partial charge in [0.2, 0.25) is 5.91 Å². The Bertz CT molecular complexity index is 941. The summed E-state index contributed by atoms with van der Waals surface area (Å²) in [6.07, 6.45) is 3.93. The van der Waals surface area contributed by atoms with Crippen LogP contribution in [0.15, 0.2) is 42.9 Å². The number of benzene rings is 1.